The van der Waals surface area contributed by atoms with Crippen LogP contribution in [0, 0.1) is 10.1 Å². The van der Waals surface area contributed by atoms with E-state index in [4.69, 9.17) is 9.47 Å². The van der Waals surface area contributed by atoms with Crippen molar-refractivity contribution in [1.29, 1.82) is 0 Å². The van der Waals surface area contributed by atoms with Gasteiger partial charge in [-0.05, 0) is 12.5 Å². The molecule has 1 aromatic rings. The molecule has 0 aliphatic carbocycles. The molecule has 0 spiro atoms. The van der Waals surface area contributed by atoms with E-state index >= 15 is 0 Å². The lowest BCUT2D eigenvalue weighted by Crippen LogP contribution is -2.45. The van der Waals surface area contributed by atoms with E-state index in [0.29, 0.717) is 11.3 Å². The quantitative estimate of drug-likeness (QED) is 0.351. The number of nitrogens with one attached hydrogen (secondary N) is 2. The maximum absolute atomic E-state index is 12.3. The van der Waals surface area contributed by atoms with Gasteiger partial charge in [-0.25, -0.2) is 9.59 Å². The van der Waals surface area contributed by atoms with Crippen LogP contribution < -0.4 is 10.6 Å². The van der Waals surface area contributed by atoms with Crippen LogP contribution in [0.2, 0.25) is 0 Å². The highest BCUT2D eigenvalue weighted by molar-refractivity contribution is 5.95. The van der Waals surface area contributed by atoms with Crippen molar-refractivity contribution in [3.63, 3.8) is 0 Å². The Bertz CT molecular complexity index is 700. The second-order valence-corrected chi connectivity index (χ2v) is 5.05. The third kappa shape index (κ3) is 3.87. The molecule has 9 heteroatoms. The van der Waals surface area contributed by atoms with Crippen LogP contribution in [-0.2, 0) is 14.3 Å². The lowest BCUT2D eigenvalue weighted by Gasteiger charge is -2.28. The van der Waals surface area contributed by atoms with Crippen LogP contribution in [0.5, 0.6) is 0 Å². The molecule has 0 saturated carbocycles. The highest BCUT2D eigenvalue weighted by atomic mass is 16.6. The van der Waals surface area contributed by atoms with Crippen molar-refractivity contribution in [3.05, 3.63) is 51.2 Å². The summed E-state index contributed by atoms with van der Waals surface area (Å²) in [6.07, 6.45) is 0. The summed E-state index contributed by atoms with van der Waals surface area (Å²) in [6.45, 7) is 1.86. The van der Waals surface area contributed by atoms with E-state index in [1.54, 1.807) is 13.0 Å². The van der Waals surface area contributed by atoms with Gasteiger partial charge in [0.15, 0.2) is 0 Å². The summed E-state index contributed by atoms with van der Waals surface area (Å²) >= 11 is 0. The van der Waals surface area contributed by atoms with E-state index in [0.717, 1.165) is 0 Å². The lowest BCUT2D eigenvalue weighted by atomic mass is 9.95. The van der Waals surface area contributed by atoms with Gasteiger partial charge < -0.3 is 20.1 Å². The molecule has 1 aliphatic rings. The minimum atomic E-state index is -0.839. The average molecular weight is 335 g/mol. The van der Waals surface area contributed by atoms with Gasteiger partial charge in [0.2, 0.25) is 0 Å². The zero-order valence-corrected chi connectivity index (χ0v) is 13.2. The summed E-state index contributed by atoms with van der Waals surface area (Å²) in [5.41, 5.74) is 0.797. The van der Waals surface area contributed by atoms with Crippen LogP contribution in [0.3, 0.4) is 0 Å². The Balaban J connectivity index is 2.36. The molecule has 24 heavy (non-hydrogen) atoms. The number of nitro benzene ring substituents is 1. The van der Waals surface area contributed by atoms with Gasteiger partial charge in [-0.2, -0.15) is 0 Å². The third-order valence-corrected chi connectivity index (χ3v) is 3.42. The fourth-order valence-electron chi connectivity index (χ4n) is 2.33. The van der Waals surface area contributed by atoms with Gasteiger partial charge in [0, 0.05) is 24.9 Å². The number of ether oxygens (including phenoxy) is 2. The van der Waals surface area contributed by atoms with Crippen molar-refractivity contribution in [2.45, 2.75) is 13.0 Å². The third-order valence-electron chi connectivity index (χ3n) is 3.42. The lowest BCUT2D eigenvalue weighted by molar-refractivity contribution is -0.384. The molecular formula is C15H17N3O6. The first-order valence-corrected chi connectivity index (χ1v) is 7.12. The summed E-state index contributed by atoms with van der Waals surface area (Å²) in [4.78, 5) is 34.5. The number of hydrogen-bond donors (Lipinski definition) is 2. The molecule has 2 N–H and O–H groups in total. The molecule has 1 heterocycles. The number of hydrogen-bond acceptors (Lipinski definition) is 6. The first kappa shape index (κ1) is 17.4. The molecule has 0 fully saturated rings. The summed E-state index contributed by atoms with van der Waals surface area (Å²) < 4.78 is 9.93. The molecule has 2 amide bonds. The van der Waals surface area contributed by atoms with E-state index in [9.17, 15) is 19.7 Å². The van der Waals surface area contributed by atoms with Crippen molar-refractivity contribution in [2.75, 3.05) is 20.3 Å². The number of nitrogens with zero attached hydrogens (tertiary/aromatic N) is 1. The monoisotopic (exact) mass is 335 g/mol. The zero-order valence-electron chi connectivity index (χ0n) is 13.2. The first-order valence-electron chi connectivity index (χ1n) is 7.12. The van der Waals surface area contributed by atoms with Crippen LogP contribution >= 0.6 is 0 Å². The number of carbonyl (C=O) groups is 2. The summed E-state index contributed by atoms with van der Waals surface area (Å²) in [5.74, 6) is -0.631. The van der Waals surface area contributed by atoms with Crippen LogP contribution in [0.25, 0.3) is 0 Å². The Morgan fingerprint density at radius 3 is 2.79 bits per heavy atom. The maximum atomic E-state index is 12.3. The largest absolute Gasteiger partial charge is 0.460 e. The van der Waals surface area contributed by atoms with Crippen LogP contribution in [0.15, 0.2) is 35.5 Å². The van der Waals surface area contributed by atoms with Gasteiger partial charge in [0.25, 0.3) is 5.69 Å². The predicted octanol–water partition coefficient (Wildman–Crippen LogP) is 1.41. The zero-order chi connectivity index (χ0) is 17.7. The highest BCUT2D eigenvalue weighted by Crippen LogP contribution is 2.29. The highest BCUT2D eigenvalue weighted by Gasteiger charge is 2.32. The number of amides is 2. The van der Waals surface area contributed by atoms with E-state index in [1.165, 1.54) is 25.3 Å². The van der Waals surface area contributed by atoms with Gasteiger partial charge in [0.05, 0.1) is 23.1 Å². The van der Waals surface area contributed by atoms with Gasteiger partial charge in [-0.1, -0.05) is 12.1 Å². The van der Waals surface area contributed by atoms with Crippen molar-refractivity contribution < 1.29 is 24.0 Å². The Hall–Kier alpha value is -2.94. The van der Waals surface area contributed by atoms with Crippen molar-refractivity contribution in [2.24, 2.45) is 0 Å². The number of rotatable bonds is 6. The fourth-order valence-corrected chi connectivity index (χ4v) is 2.33. The second kappa shape index (κ2) is 7.55. The molecular weight excluding hydrogens is 318 g/mol. The molecule has 1 aromatic carbocycles. The number of esters is 1. The number of nitro groups is 1. The number of methoxy groups -OCH3 is 1. The average Bonchev–Trinajstić information content (AvgIpc) is 2.54. The van der Waals surface area contributed by atoms with Crippen LogP contribution in [-0.4, -0.2) is 37.2 Å². The molecule has 0 saturated heterocycles. The Morgan fingerprint density at radius 2 is 2.12 bits per heavy atom. The molecule has 1 aliphatic heterocycles. The Labute approximate surface area is 137 Å². The SMILES string of the molecule is COCCOC(=O)C1=C(C)NC(=O)N[C@H]1c1cccc([N+](=O)[O-])c1. The molecule has 0 bridgehead atoms. The summed E-state index contributed by atoms with van der Waals surface area (Å²) in [7, 11) is 1.48. The van der Waals surface area contributed by atoms with E-state index in [-0.39, 0.29) is 24.5 Å². The van der Waals surface area contributed by atoms with Gasteiger partial charge >= 0.3 is 12.0 Å². The number of benzene rings is 1. The summed E-state index contributed by atoms with van der Waals surface area (Å²) in [5, 5.41) is 16.0. The standard InChI is InChI=1S/C15H17N3O6/c1-9-12(14(19)24-7-6-23-2)13(17-15(20)16-9)10-4-3-5-11(8-10)18(21)22/h3-5,8,13H,6-7H2,1-2H3,(H2,16,17,20)/t13-/m0/s1. The van der Waals surface area contributed by atoms with Crippen molar-refractivity contribution in [1.82, 2.24) is 10.6 Å². The van der Waals surface area contributed by atoms with Crippen LogP contribution in [0.1, 0.15) is 18.5 Å². The molecule has 1 atom stereocenters. The second-order valence-electron chi connectivity index (χ2n) is 5.05. The normalized spacial score (nSPS) is 17.1. The number of carbonyl (C=O) groups excluding carboxylic acids is 2. The topological polar surface area (TPSA) is 120 Å². The maximum Gasteiger partial charge on any atom is 0.338 e. The molecule has 9 nitrogen and oxygen atoms in total. The van der Waals surface area contributed by atoms with Crippen molar-refractivity contribution >= 4 is 17.7 Å². The fraction of sp³-hybridized carbons (Fsp3) is 0.333. The molecule has 2 rings (SSSR count). The molecule has 0 aromatic heterocycles. The predicted molar refractivity (Wildman–Crippen MR) is 83.0 cm³/mol. The van der Waals surface area contributed by atoms with Crippen molar-refractivity contribution in [3.8, 4) is 0 Å². The van der Waals surface area contributed by atoms with Gasteiger partial charge in [-0.15, -0.1) is 0 Å². The first-order chi connectivity index (χ1) is 11.4. The Kier molecular flexibility index (Phi) is 5.48. The Morgan fingerprint density at radius 1 is 1.38 bits per heavy atom. The number of urea groups is 1. The van der Waals surface area contributed by atoms with E-state index in [2.05, 4.69) is 10.6 Å². The van der Waals surface area contributed by atoms with E-state index in [1.807, 2.05) is 0 Å². The van der Waals surface area contributed by atoms with Gasteiger partial charge in [-0.3, -0.25) is 10.1 Å². The molecule has 0 unspecified atom stereocenters. The molecule has 128 valence electrons. The number of non-ortho nitro benzene ring substituents is 1. The summed E-state index contributed by atoms with van der Waals surface area (Å²) in [6, 6.07) is 4.39. The van der Waals surface area contributed by atoms with Crippen LogP contribution in [0.4, 0.5) is 10.5 Å². The smallest absolute Gasteiger partial charge is 0.338 e. The number of allylic oxidation sites excluding steroid dienone is 1. The molecule has 0 radical (unpaired) electrons. The van der Waals surface area contributed by atoms with Gasteiger partial charge in [0.1, 0.15) is 6.61 Å². The van der Waals surface area contributed by atoms with E-state index < -0.39 is 23.0 Å². The minimum absolute atomic E-state index is 0.0573. The minimum Gasteiger partial charge on any atom is -0.460 e.